The van der Waals surface area contributed by atoms with E-state index in [0.29, 0.717) is 18.0 Å². The predicted octanol–water partition coefficient (Wildman–Crippen LogP) is 4.16. The summed E-state index contributed by atoms with van der Waals surface area (Å²) < 4.78 is 24.5. The van der Waals surface area contributed by atoms with Crippen molar-refractivity contribution in [1.82, 2.24) is 9.97 Å². The first-order chi connectivity index (χ1) is 12.2. The van der Waals surface area contributed by atoms with Crippen LogP contribution in [0, 0.1) is 0 Å². The lowest BCUT2D eigenvalue weighted by atomic mass is 10.1. The number of hydrogen-bond donors (Lipinski definition) is 1. The molecule has 0 bridgehead atoms. The molecule has 6 heteroatoms. The van der Waals surface area contributed by atoms with Crippen LogP contribution in [0.25, 0.3) is 11.4 Å². The number of nitrogens with zero attached hydrogens (tertiary/aromatic N) is 2. The second-order valence-corrected chi connectivity index (χ2v) is 5.74. The Morgan fingerprint density at radius 1 is 1.08 bits per heavy atom. The Morgan fingerprint density at radius 2 is 1.80 bits per heavy atom. The van der Waals surface area contributed by atoms with Crippen LogP contribution in [-0.4, -0.2) is 41.1 Å². The van der Waals surface area contributed by atoms with E-state index in [0.717, 1.165) is 38.0 Å². The maximum absolute atomic E-state index is 13.8. The van der Waals surface area contributed by atoms with Gasteiger partial charge in [-0.2, -0.15) is 0 Å². The first-order valence-corrected chi connectivity index (χ1v) is 8.65. The third-order valence-corrected chi connectivity index (χ3v) is 3.69. The molecule has 0 saturated heterocycles. The van der Waals surface area contributed by atoms with Gasteiger partial charge in [0.2, 0.25) is 0 Å². The average Bonchev–Trinajstić information content (AvgIpc) is 2.64. The number of alkyl halides is 1. The number of ether oxygens (including phenoxy) is 2. The summed E-state index contributed by atoms with van der Waals surface area (Å²) in [5.41, 5.74) is 0.791. The number of phenols is 1. The summed E-state index contributed by atoms with van der Waals surface area (Å²) in [4.78, 5) is 8.41. The van der Waals surface area contributed by atoms with Gasteiger partial charge in [0.15, 0.2) is 11.6 Å². The molecule has 1 unspecified atom stereocenters. The van der Waals surface area contributed by atoms with Gasteiger partial charge in [-0.1, -0.05) is 12.8 Å². The van der Waals surface area contributed by atoms with Crippen LogP contribution < -0.4 is 4.74 Å². The van der Waals surface area contributed by atoms with E-state index in [1.54, 1.807) is 24.3 Å². The van der Waals surface area contributed by atoms with Crippen molar-refractivity contribution in [2.75, 3.05) is 19.8 Å². The third-order valence-electron chi connectivity index (χ3n) is 3.69. The van der Waals surface area contributed by atoms with Crippen LogP contribution in [0.2, 0.25) is 0 Å². The summed E-state index contributed by atoms with van der Waals surface area (Å²) in [6, 6.07) is 6.61. The van der Waals surface area contributed by atoms with Crippen LogP contribution in [0.1, 0.15) is 32.6 Å². The molecule has 0 radical (unpaired) electrons. The Hall–Kier alpha value is -2.21. The summed E-state index contributed by atoms with van der Waals surface area (Å²) in [6.45, 7) is 3.45. The standard InChI is InChI=1S/C19H25FN2O3/c1-2-24-11-5-3-4-6-16(20)14-25-18-12-21-19(22-13-18)15-7-9-17(23)10-8-15/h7-10,12-13,16,23H,2-6,11,14H2,1H3. The summed E-state index contributed by atoms with van der Waals surface area (Å²) in [7, 11) is 0. The van der Waals surface area contributed by atoms with Gasteiger partial charge in [-0.05, 0) is 44.0 Å². The molecule has 1 aromatic carbocycles. The topological polar surface area (TPSA) is 64.5 Å². The SMILES string of the molecule is CCOCCCCCC(F)COc1cnc(-c2ccc(O)cc2)nc1. The minimum absolute atomic E-state index is 0.00732. The number of hydrogen-bond acceptors (Lipinski definition) is 5. The number of halogens is 1. The molecule has 2 aromatic rings. The highest BCUT2D eigenvalue weighted by atomic mass is 19.1. The van der Waals surface area contributed by atoms with Gasteiger partial charge in [-0.25, -0.2) is 14.4 Å². The Labute approximate surface area is 147 Å². The summed E-state index contributed by atoms with van der Waals surface area (Å²) >= 11 is 0. The highest BCUT2D eigenvalue weighted by Gasteiger charge is 2.08. The van der Waals surface area contributed by atoms with Crippen molar-refractivity contribution in [3.05, 3.63) is 36.7 Å². The van der Waals surface area contributed by atoms with Gasteiger partial charge >= 0.3 is 0 Å². The van der Waals surface area contributed by atoms with Crippen molar-refractivity contribution in [2.45, 2.75) is 38.8 Å². The Balaban J connectivity index is 1.69. The van der Waals surface area contributed by atoms with Crippen LogP contribution in [0.5, 0.6) is 11.5 Å². The molecule has 0 aliphatic rings. The minimum atomic E-state index is -0.996. The molecule has 1 atom stereocenters. The van der Waals surface area contributed by atoms with E-state index in [1.807, 2.05) is 6.92 Å². The molecule has 2 rings (SSSR count). The zero-order valence-corrected chi connectivity index (χ0v) is 14.5. The number of aromatic hydroxyl groups is 1. The Bertz CT molecular complexity index is 605. The van der Waals surface area contributed by atoms with Gasteiger partial charge in [-0.15, -0.1) is 0 Å². The number of unbranched alkanes of at least 4 members (excludes halogenated alkanes) is 2. The molecular formula is C19H25FN2O3. The van der Waals surface area contributed by atoms with Gasteiger partial charge in [-0.3, -0.25) is 0 Å². The molecule has 5 nitrogen and oxygen atoms in total. The van der Waals surface area contributed by atoms with E-state index in [-0.39, 0.29) is 12.4 Å². The summed E-state index contributed by atoms with van der Waals surface area (Å²) in [5.74, 6) is 1.16. The van der Waals surface area contributed by atoms with Crippen LogP contribution in [-0.2, 0) is 4.74 Å². The van der Waals surface area contributed by atoms with Crippen LogP contribution in [0.4, 0.5) is 4.39 Å². The molecule has 1 aromatic heterocycles. The van der Waals surface area contributed by atoms with Crippen LogP contribution in [0.15, 0.2) is 36.7 Å². The van der Waals surface area contributed by atoms with Crippen molar-refractivity contribution >= 4 is 0 Å². The van der Waals surface area contributed by atoms with E-state index >= 15 is 0 Å². The van der Waals surface area contributed by atoms with Gasteiger partial charge in [0.05, 0.1) is 12.4 Å². The number of benzene rings is 1. The van der Waals surface area contributed by atoms with E-state index in [1.165, 1.54) is 12.4 Å². The maximum Gasteiger partial charge on any atom is 0.159 e. The molecule has 0 fully saturated rings. The largest absolute Gasteiger partial charge is 0.508 e. The first-order valence-electron chi connectivity index (χ1n) is 8.65. The third kappa shape index (κ3) is 7.05. The second-order valence-electron chi connectivity index (χ2n) is 5.74. The predicted molar refractivity (Wildman–Crippen MR) is 94.5 cm³/mol. The highest BCUT2D eigenvalue weighted by Crippen LogP contribution is 2.19. The fourth-order valence-electron chi connectivity index (χ4n) is 2.31. The normalized spacial score (nSPS) is 12.1. The number of aromatic nitrogens is 2. The molecule has 0 spiro atoms. The quantitative estimate of drug-likeness (QED) is 0.618. The van der Waals surface area contributed by atoms with Crippen molar-refractivity contribution < 1.29 is 19.0 Å². The molecule has 25 heavy (non-hydrogen) atoms. The zero-order valence-electron chi connectivity index (χ0n) is 14.5. The van der Waals surface area contributed by atoms with E-state index in [9.17, 15) is 9.50 Å². The lowest BCUT2D eigenvalue weighted by Crippen LogP contribution is -2.13. The number of phenolic OH excluding ortho intramolecular Hbond substituents is 1. The molecule has 136 valence electrons. The van der Waals surface area contributed by atoms with Crippen LogP contribution >= 0.6 is 0 Å². The lowest BCUT2D eigenvalue weighted by Gasteiger charge is -2.10. The number of rotatable bonds is 11. The van der Waals surface area contributed by atoms with Crippen molar-refractivity contribution in [3.8, 4) is 22.9 Å². The smallest absolute Gasteiger partial charge is 0.159 e. The highest BCUT2D eigenvalue weighted by molar-refractivity contribution is 5.55. The average molecular weight is 348 g/mol. The molecule has 0 amide bonds. The van der Waals surface area contributed by atoms with Gasteiger partial charge in [0.25, 0.3) is 0 Å². The van der Waals surface area contributed by atoms with Crippen molar-refractivity contribution in [1.29, 1.82) is 0 Å². The fraction of sp³-hybridized carbons (Fsp3) is 0.474. The van der Waals surface area contributed by atoms with Crippen LogP contribution in [0.3, 0.4) is 0 Å². The van der Waals surface area contributed by atoms with E-state index < -0.39 is 6.17 Å². The van der Waals surface area contributed by atoms with Crippen molar-refractivity contribution in [3.63, 3.8) is 0 Å². The summed E-state index contributed by atoms with van der Waals surface area (Å²) in [6.07, 6.45) is 5.31. The first kappa shape index (κ1) is 19.1. The Morgan fingerprint density at radius 3 is 2.48 bits per heavy atom. The van der Waals surface area contributed by atoms with Gasteiger partial charge < -0.3 is 14.6 Å². The molecular weight excluding hydrogens is 323 g/mol. The zero-order chi connectivity index (χ0) is 17.9. The van der Waals surface area contributed by atoms with E-state index in [2.05, 4.69) is 9.97 Å². The van der Waals surface area contributed by atoms with Crippen molar-refractivity contribution in [2.24, 2.45) is 0 Å². The van der Waals surface area contributed by atoms with Gasteiger partial charge in [0, 0.05) is 18.8 Å². The minimum Gasteiger partial charge on any atom is -0.508 e. The molecule has 1 heterocycles. The van der Waals surface area contributed by atoms with Gasteiger partial charge in [0.1, 0.15) is 18.5 Å². The molecule has 0 saturated carbocycles. The molecule has 1 N–H and O–H groups in total. The van der Waals surface area contributed by atoms with E-state index in [4.69, 9.17) is 9.47 Å². The maximum atomic E-state index is 13.8. The molecule has 0 aliphatic heterocycles. The molecule has 0 aliphatic carbocycles. The second kappa shape index (κ2) is 10.6. The summed E-state index contributed by atoms with van der Waals surface area (Å²) in [5, 5.41) is 9.28. The monoisotopic (exact) mass is 348 g/mol. The Kier molecular flexibility index (Phi) is 8.12. The lowest BCUT2D eigenvalue weighted by molar-refractivity contribution is 0.140. The fourth-order valence-corrected chi connectivity index (χ4v) is 2.31.